The number of sulfone groups is 1. The van der Waals surface area contributed by atoms with Crippen molar-refractivity contribution in [3.63, 3.8) is 0 Å². The van der Waals surface area contributed by atoms with Gasteiger partial charge in [0.25, 0.3) is 5.56 Å². The first-order valence-electron chi connectivity index (χ1n) is 14.7. The number of likely N-dealkylation sites (tertiary alicyclic amines) is 1. The van der Waals surface area contributed by atoms with E-state index in [9.17, 15) is 31.2 Å². The zero-order chi connectivity index (χ0) is 34.2. The second-order valence-electron chi connectivity index (χ2n) is 12.3. The lowest BCUT2D eigenvalue weighted by atomic mass is 9.99. The number of alkyl halides is 3. The zero-order valence-corrected chi connectivity index (χ0v) is 28.1. The standard InChI is InChI=1S/C31H38ClF3N4O6S/c1-7-46(42,43)25-11-10-20(32)13-19(25)15-39-18-36-26-22(28(39)40)14-24(31(33,34)35)23(27(26)44-6)17-38-12-8-9-21(16-38)37(5)29(41)45-30(2,3)4/h10-11,13-14,18,21H,7-9,12,15-17H2,1-6H3/t21-/m0/s1. The Morgan fingerprint density at radius 2 is 1.87 bits per heavy atom. The maximum Gasteiger partial charge on any atom is 0.416 e. The number of carbonyl (C=O) groups excluding carboxylic acids is 1. The van der Waals surface area contributed by atoms with E-state index >= 15 is 0 Å². The number of amides is 1. The summed E-state index contributed by atoms with van der Waals surface area (Å²) in [6.07, 6.45) is -2.92. The first-order valence-corrected chi connectivity index (χ1v) is 16.7. The van der Waals surface area contributed by atoms with Gasteiger partial charge in [0.2, 0.25) is 0 Å². The number of hydrogen-bond acceptors (Lipinski definition) is 8. The molecule has 0 spiro atoms. The van der Waals surface area contributed by atoms with Crippen LogP contribution in [0.4, 0.5) is 18.0 Å². The van der Waals surface area contributed by atoms with E-state index in [1.54, 1.807) is 27.8 Å². The normalized spacial score (nSPS) is 16.4. The predicted molar refractivity (Wildman–Crippen MR) is 168 cm³/mol. The van der Waals surface area contributed by atoms with E-state index in [4.69, 9.17) is 21.1 Å². The molecule has 4 rings (SSSR count). The van der Waals surface area contributed by atoms with Crippen LogP contribution in [0.25, 0.3) is 10.9 Å². The number of carbonyl (C=O) groups is 1. The molecular weight excluding hydrogens is 649 g/mol. The van der Waals surface area contributed by atoms with Crippen LogP contribution in [0.1, 0.15) is 57.2 Å². The van der Waals surface area contributed by atoms with Crippen molar-refractivity contribution in [3.8, 4) is 5.75 Å². The second-order valence-corrected chi connectivity index (χ2v) is 15.0. The first-order chi connectivity index (χ1) is 21.4. The number of halogens is 4. The molecule has 1 aliphatic rings. The molecule has 0 saturated carbocycles. The van der Waals surface area contributed by atoms with Crippen LogP contribution in [0.2, 0.25) is 5.02 Å². The molecule has 2 aromatic carbocycles. The van der Waals surface area contributed by atoms with Crippen molar-refractivity contribution in [3.05, 3.63) is 62.7 Å². The summed E-state index contributed by atoms with van der Waals surface area (Å²) in [6, 6.07) is 4.63. The van der Waals surface area contributed by atoms with Crippen molar-refractivity contribution in [2.75, 3.05) is 33.0 Å². The highest BCUT2D eigenvalue weighted by Gasteiger charge is 2.38. The van der Waals surface area contributed by atoms with Gasteiger partial charge in [-0.25, -0.2) is 18.2 Å². The zero-order valence-electron chi connectivity index (χ0n) is 26.6. The fourth-order valence-corrected chi connectivity index (χ4v) is 6.87. The molecule has 0 N–H and O–H groups in total. The Labute approximate surface area is 271 Å². The van der Waals surface area contributed by atoms with E-state index in [1.807, 2.05) is 4.90 Å². The molecule has 1 amide bonds. The Bertz CT molecular complexity index is 1790. The quantitative estimate of drug-likeness (QED) is 0.295. The molecule has 0 radical (unpaired) electrons. The number of hydrogen-bond donors (Lipinski definition) is 0. The molecule has 0 bridgehead atoms. The molecule has 10 nitrogen and oxygen atoms in total. The molecule has 2 heterocycles. The third-order valence-corrected chi connectivity index (χ3v) is 9.92. The Morgan fingerprint density at radius 3 is 2.48 bits per heavy atom. The summed E-state index contributed by atoms with van der Waals surface area (Å²) in [5, 5.41) is -0.103. The van der Waals surface area contributed by atoms with Crippen molar-refractivity contribution in [2.45, 2.75) is 76.3 Å². The highest BCUT2D eigenvalue weighted by Crippen LogP contribution is 2.40. The van der Waals surface area contributed by atoms with Crippen LogP contribution in [-0.2, 0) is 33.8 Å². The number of aromatic nitrogens is 2. The lowest BCUT2D eigenvalue weighted by Gasteiger charge is -2.38. The van der Waals surface area contributed by atoms with E-state index in [-0.39, 0.29) is 62.6 Å². The van der Waals surface area contributed by atoms with Crippen molar-refractivity contribution >= 4 is 38.4 Å². The molecule has 15 heteroatoms. The van der Waals surface area contributed by atoms with Gasteiger partial charge in [-0.05, 0) is 70.0 Å². The maximum atomic E-state index is 14.6. The van der Waals surface area contributed by atoms with Gasteiger partial charge in [-0.2, -0.15) is 13.2 Å². The van der Waals surface area contributed by atoms with E-state index < -0.39 is 38.8 Å². The molecule has 1 fully saturated rings. The third-order valence-electron chi connectivity index (χ3n) is 7.85. The Hall–Kier alpha value is -3.36. The summed E-state index contributed by atoms with van der Waals surface area (Å²) in [6.45, 7) is 7.06. The fraction of sp³-hybridized carbons (Fsp3) is 0.516. The van der Waals surface area contributed by atoms with Crippen LogP contribution in [-0.4, -0.2) is 78.5 Å². The average molecular weight is 687 g/mol. The maximum absolute atomic E-state index is 14.6. The van der Waals surface area contributed by atoms with Crippen LogP contribution >= 0.6 is 11.6 Å². The number of rotatable bonds is 8. The minimum absolute atomic E-state index is 0.0348. The summed E-state index contributed by atoms with van der Waals surface area (Å²) in [5.41, 5.74) is -2.59. The minimum Gasteiger partial charge on any atom is -0.494 e. The van der Waals surface area contributed by atoms with Gasteiger partial charge in [0, 0.05) is 36.8 Å². The molecule has 252 valence electrons. The summed E-state index contributed by atoms with van der Waals surface area (Å²) < 4.78 is 81.2. The highest BCUT2D eigenvalue weighted by atomic mass is 35.5. The van der Waals surface area contributed by atoms with Crippen LogP contribution in [0.5, 0.6) is 5.75 Å². The van der Waals surface area contributed by atoms with Crippen LogP contribution in [0, 0.1) is 0 Å². The first kappa shape index (κ1) is 35.5. The highest BCUT2D eigenvalue weighted by molar-refractivity contribution is 7.91. The third kappa shape index (κ3) is 7.77. The Kier molecular flexibility index (Phi) is 10.3. The van der Waals surface area contributed by atoms with Crippen LogP contribution in [0.3, 0.4) is 0 Å². The smallest absolute Gasteiger partial charge is 0.416 e. The number of likely N-dealkylation sites (N-methyl/N-ethyl adjacent to an activating group) is 1. The Morgan fingerprint density at radius 1 is 1.17 bits per heavy atom. The molecule has 0 aliphatic carbocycles. The number of piperidine rings is 1. The predicted octanol–water partition coefficient (Wildman–Crippen LogP) is 5.75. The molecule has 0 unspecified atom stereocenters. The number of methoxy groups -OCH3 is 1. The van der Waals surface area contributed by atoms with Gasteiger partial charge in [-0.1, -0.05) is 18.5 Å². The van der Waals surface area contributed by atoms with Gasteiger partial charge in [0.15, 0.2) is 9.84 Å². The average Bonchev–Trinajstić information content (AvgIpc) is 2.96. The van der Waals surface area contributed by atoms with Crippen LogP contribution in [0.15, 0.2) is 40.3 Å². The van der Waals surface area contributed by atoms with E-state index in [1.165, 1.54) is 37.1 Å². The van der Waals surface area contributed by atoms with Crippen molar-refractivity contribution in [1.29, 1.82) is 0 Å². The topological polar surface area (TPSA) is 111 Å². The molecule has 1 saturated heterocycles. The summed E-state index contributed by atoms with van der Waals surface area (Å²) >= 11 is 6.12. The minimum atomic E-state index is -4.85. The largest absolute Gasteiger partial charge is 0.494 e. The molecule has 1 aliphatic heterocycles. The molecule has 1 atom stereocenters. The molecule has 1 aromatic heterocycles. The SMILES string of the molecule is CCS(=O)(=O)c1ccc(Cl)cc1Cn1cnc2c(OC)c(CN3CCC[C@H](N(C)C(=O)OC(C)(C)C)C3)c(C(F)(F)F)cc2c1=O. The van der Waals surface area contributed by atoms with Gasteiger partial charge >= 0.3 is 12.3 Å². The molecule has 3 aromatic rings. The van der Waals surface area contributed by atoms with Gasteiger partial charge < -0.3 is 14.4 Å². The van der Waals surface area contributed by atoms with Gasteiger partial charge in [-0.15, -0.1) is 0 Å². The number of fused-ring (bicyclic) bond motifs is 1. The van der Waals surface area contributed by atoms with Gasteiger partial charge in [0.05, 0.1) is 41.6 Å². The lowest BCUT2D eigenvalue weighted by Crippen LogP contribution is -2.49. The van der Waals surface area contributed by atoms with Crippen molar-refractivity contribution < 1.29 is 35.9 Å². The summed E-state index contributed by atoms with van der Waals surface area (Å²) in [4.78, 5) is 33.9. The van der Waals surface area contributed by atoms with Crippen LogP contribution < -0.4 is 10.3 Å². The Balaban J connectivity index is 1.75. The summed E-state index contributed by atoms with van der Waals surface area (Å²) in [7, 11) is -0.869. The van der Waals surface area contributed by atoms with Gasteiger partial charge in [0.1, 0.15) is 16.9 Å². The summed E-state index contributed by atoms with van der Waals surface area (Å²) in [5.74, 6) is -0.384. The second kappa shape index (κ2) is 13.4. The van der Waals surface area contributed by atoms with E-state index in [0.717, 1.165) is 17.0 Å². The van der Waals surface area contributed by atoms with Gasteiger partial charge in [-0.3, -0.25) is 14.3 Å². The van der Waals surface area contributed by atoms with E-state index in [0.29, 0.717) is 25.9 Å². The molecular formula is C31H38ClF3N4O6S. The monoisotopic (exact) mass is 686 g/mol. The van der Waals surface area contributed by atoms with Crippen molar-refractivity contribution in [2.24, 2.45) is 0 Å². The number of benzene rings is 2. The van der Waals surface area contributed by atoms with Crippen molar-refractivity contribution in [1.82, 2.24) is 19.4 Å². The fourth-order valence-electron chi connectivity index (χ4n) is 5.57. The number of nitrogens with zero attached hydrogens (tertiary/aromatic N) is 4. The molecule has 46 heavy (non-hydrogen) atoms. The lowest BCUT2D eigenvalue weighted by molar-refractivity contribution is -0.138. The number of ether oxygens (including phenoxy) is 2. The van der Waals surface area contributed by atoms with E-state index in [2.05, 4.69) is 4.98 Å².